The topological polar surface area (TPSA) is 92.7 Å². The predicted molar refractivity (Wildman–Crippen MR) is 111 cm³/mol. The number of nitrogens with one attached hydrogen (secondary N) is 2. The first-order valence-electron chi connectivity index (χ1n) is 9.52. The van der Waals surface area contributed by atoms with Crippen molar-refractivity contribution in [2.75, 3.05) is 11.9 Å². The second-order valence-electron chi connectivity index (χ2n) is 7.15. The molecular formula is C21H21ClN6O. The minimum absolute atomic E-state index is 0.0678. The SMILES string of the molecule is O=C(NCc1ncccn1)c1ccc(NCC2(c3cccc(Cl)c3)CCC2)nn1. The number of hydrogen-bond acceptors (Lipinski definition) is 6. The molecule has 0 atom stereocenters. The summed E-state index contributed by atoms with van der Waals surface area (Å²) in [5.41, 5.74) is 1.56. The highest BCUT2D eigenvalue weighted by atomic mass is 35.5. The van der Waals surface area contributed by atoms with Gasteiger partial charge >= 0.3 is 0 Å². The van der Waals surface area contributed by atoms with Crippen LogP contribution in [0.4, 0.5) is 5.82 Å². The van der Waals surface area contributed by atoms with Crippen LogP contribution in [0.1, 0.15) is 41.1 Å². The molecule has 0 saturated heterocycles. The van der Waals surface area contributed by atoms with Crippen molar-refractivity contribution in [2.24, 2.45) is 0 Å². The van der Waals surface area contributed by atoms with Gasteiger partial charge in [0.15, 0.2) is 5.69 Å². The van der Waals surface area contributed by atoms with Gasteiger partial charge in [-0.3, -0.25) is 4.79 Å². The first-order chi connectivity index (χ1) is 14.1. The molecule has 2 N–H and O–H groups in total. The van der Waals surface area contributed by atoms with Crippen LogP contribution in [-0.4, -0.2) is 32.6 Å². The lowest BCUT2D eigenvalue weighted by molar-refractivity contribution is 0.0944. The number of aromatic nitrogens is 4. The second kappa shape index (κ2) is 8.53. The fraction of sp³-hybridized carbons (Fsp3) is 0.286. The van der Waals surface area contributed by atoms with Crippen molar-refractivity contribution in [2.45, 2.75) is 31.2 Å². The zero-order valence-corrected chi connectivity index (χ0v) is 16.6. The maximum atomic E-state index is 12.2. The zero-order chi connectivity index (χ0) is 20.1. The van der Waals surface area contributed by atoms with Gasteiger partial charge in [-0.25, -0.2) is 9.97 Å². The maximum absolute atomic E-state index is 12.2. The Kier molecular flexibility index (Phi) is 5.67. The molecule has 0 aliphatic heterocycles. The van der Waals surface area contributed by atoms with Gasteiger partial charge in [-0.15, -0.1) is 10.2 Å². The van der Waals surface area contributed by atoms with E-state index in [0.29, 0.717) is 11.6 Å². The molecule has 1 aliphatic rings. The Morgan fingerprint density at radius 1 is 1.07 bits per heavy atom. The van der Waals surface area contributed by atoms with E-state index < -0.39 is 0 Å². The third-order valence-electron chi connectivity index (χ3n) is 5.28. The minimum atomic E-state index is -0.314. The summed E-state index contributed by atoms with van der Waals surface area (Å²) >= 11 is 6.17. The van der Waals surface area contributed by atoms with Crippen LogP contribution in [0.25, 0.3) is 0 Å². The van der Waals surface area contributed by atoms with Gasteiger partial charge in [-0.2, -0.15) is 0 Å². The van der Waals surface area contributed by atoms with E-state index in [1.807, 2.05) is 18.2 Å². The molecule has 0 spiro atoms. The summed E-state index contributed by atoms with van der Waals surface area (Å²) in [6, 6.07) is 13.2. The molecule has 1 fully saturated rings. The van der Waals surface area contributed by atoms with Crippen molar-refractivity contribution < 1.29 is 4.79 Å². The van der Waals surface area contributed by atoms with E-state index >= 15 is 0 Å². The summed E-state index contributed by atoms with van der Waals surface area (Å²) in [6.07, 6.45) is 6.68. The number of benzene rings is 1. The van der Waals surface area contributed by atoms with E-state index in [9.17, 15) is 4.79 Å². The fourth-order valence-electron chi connectivity index (χ4n) is 3.47. The zero-order valence-electron chi connectivity index (χ0n) is 15.8. The van der Waals surface area contributed by atoms with Crippen LogP contribution in [0.2, 0.25) is 5.02 Å². The molecule has 2 heterocycles. The molecule has 1 aromatic carbocycles. The molecule has 0 bridgehead atoms. The van der Waals surface area contributed by atoms with Crippen LogP contribution >= 0.6 is 11.6 Å². The Hall–Kier alpha value is -3.06. The van der Waals surface area contributed by atoms with Crippen LogP contribution in [0.5, 0.6) is 0 Å². The predicted octanol–water partition coefficient (Wildman–Crippen LogP) is 3.38. The molecule has 1 saturated carbocycles. The van der Waals surface area contributed by atoms with E-state index in [-0.39, 0.29) is 23.6 Å². The normalized spacial score (nSPS) is 14.7. The van der Waals surface area contributed by atoms with E-state index in [0.717, 1.165) is 24.4 Å². The van der Waals surface area contributed by atoms with Gasteiger partial charge in [0.25, 0.3) is 5.91 Å². The van der Waals surface area contributed by atoms with Crippen LogP contribution < -0.4 is 10.6 Å². The minimum Gasteiger partial charge on any atom is -0.368 e. The highest BCUT2D eigenvalue weighted by molar-refractivity contribution is 6.30. The van der Waals surface area contributed by atoms with Gasteiger partial charge < -0.3 is 10.6 Å². The van der Waals surface area contributed by atoms with Crippen molar-refractivity contribution >= 4 is 23.3 Å². The number of amides is 1. The third kappa shape index (κ3) is 4.51. The van der Waals surface area contributed by atoms with E-state index in [1.165, 1.54) is 12.0 Å². The van der Waals surface area contributed by atoms with E-state index in [4.69, 9.17) is 11.6 Å². The summed E-state index contributed by atoms with van der Waals surface area (Å²) in [5.74, 6) is 0.867. The summed E-state index contributed by atoms with van der Waals surface area (Å²) < 4.78 is 0. The molecule has 0 unspecified atom stereocenters. The first-order valence-corrected chi connectivity index (χ1v) is 9.90. The summed E-state index contributed by atoms with van der Waals surface area (Å²) in [7, 11) is 0. The number of nitrogens with zero attached hydrogens (tertiary/aromatic N) is 4. The van der Waals surface area contributed by atoms with Crippen LogP contribution in [0.15, 0.2) is 54.9 Å². The van der Waals surface area contributed by atoms with Crippen molar-refractivity contribution in [3.63, 3.8) is 0 Å². The largest absolute Gasteiger partial charge is 0.368 e. The summed E-state index contributed by atoms with van der Waals surface area (Å²) in [4.78, 5) is 20.4. The molecule has 3 aromatic rings. The molecule has 148 valence electrons. The van der Waals surface area contributed by atoms with Crippen LogP contribution in [0, 0.1) is 0 Å². The number of anilines is 1. The molecule has 2 aromatic heterocycles. The monoisotopic (exact) mass is 408 g/mol. The van der Waals surface area contributed by atoms with Crippen LogP contribution in [-0.2, 0) is 12.0 Å². The Morgan fingerprint density at radius 3 is 2.55 bits per heavy atom. The number of carbonyl (C=O) groups excluding carboxylic acids is 1. The molecule has 1 amide bonds. The third-order valence-corrected chi connectivity index (χ3v) is 5.51. The molecule has 29 heavy (non-hydrogen) atoms. The summed E-state index contributed by atoms with van der Waals surface area (Å²) in [6.45, 7) is 0.989. The van der Waals surface area contributed by atoms with Crippen molar-refractivity contribution in [3.05, 3.63) is 77.0 Å². The number of hydrogen-bond donors (Lipinski definition) is 2. The molecule has 7 nitrogen and oxygen atoms in total. The lowest BCUT2D eigenvalue weighted by Gasteiger charge is -2.42. The highest BCUT2D eigenvalue weighted by Crippen LogP contribution is 2.44. The Balaban J connectivity index is 1.35. The fourth-order valence-corrected chi connectivity index (χ4v) is 3.66. The standard InChI is InChI=1S/C21H21ClN6O/c22-16-5-1-4-15(12-16)21(8-2-9-21)14-26-18-7-6-17(27-28-18)20(29)25-13-19-23-10-3-11-24-19/h1,3-7,10-12H,2,8-9,13-14H2,(H,25,29)(H,26,28). The van der Waals surface area contributed by atoms with Crippen molar-refractivity contribution in [1.29, 1.82) is 0 Å². The van der Waals surface area contributed by atoms with E-state index in [1.54, 1.807) is 30.6 Å². The average Bonchev–Trinajstić information content (AvgIpc) is 2.72. The smallest absolute Gasteiger partial charge is 0.272 e. The first kappa shape index (κ1) is 19.3. The van der Waals surface area contributed by atoms with Gasteiger partial charge in [0.1, 0.15) is 11.6 Å². The van der Waals surface area contributed by atoms with Gasteiger partial charge in [-0.05, 0) is 48.7 Å². The molecule has 4 rings (SSSR count). The van der Waals surface area contributed by atoms with Gasteiger partial charge in [0.2, 0.25) is 0 Å². The lowest BCUT2D eigenvalue weighted by Crippen LogP contribution is -2.41. The van der Waals surface area contributed by atoms with Crippen LogP contribution in [0.3, 0.4) is 0 Å². The highest BCUT2D eigenvalue weighted by Gasteiger charge is 2.38. The Bertz CT molecular complexity index is 976. The van der Waals surface area contributed by atoms with E-state index in [2.05, 4.69) is 36.9 Å². The molecular weight excluding hydrogens is 388 g/mol. The van der Waals surface area contributed by atoms with Gasteiger partial charge in [0.05, 0.1) is 6.54 Å². The number of halogens is 1. The molecule has 8 heteroatoms. The van der Waals surface area contributed by atoms with Crippen molar-refractivity contribution in [3.8, 4) is 0 Å². The average molecular weight is 409 g/mol. The molecule has 1 aliphatic carbocycles. The maximum Gasteiger partial charge on any atom is 0.272 e. The van der Waals surface area contributed by atoms with Gasteiger partial charge in [0, 0.05) is 29.4 Å². The summed E-state index contributed by atoms with van der Waals surface area (Å²) in [5, 5.41) is 15.0. The van der Waals surface area contributed by atoms with Crippen molar-refractivity contribution in [1.82, 2.24) is 25.5 Å². The lowest BCUT2D eigenvalue weighted by atomic mass is 9.64. The number of rotatable bonds is 7. The quantitative estimate of drug-likeness (QED) is 0.622. The number of carbonyl (C=O) groups is 1. The second-order valence-corrected chi connectivity index (χ2v) is 7.59. The Morgan fingerprint density at radius 2 is 1.90 bits per heavy atom. The van der Waals surface area contributed by atoms with Gasteiger partial charge in [-0.1, -0.05) is 30.2 Å². The molecule has 0 radical (unpaired) electrons. The Labute approximate surface area is 174 Å².